The molecule has 0 aromatic heterocycles. The van der Waals surface area contributed by atoms with Crippen molar-refractivity contribution in [2.75, 3.05) is 6.61 Å². The van der Waals surface area contributed by atoms with Gasteiger partial charge in [0.05, 0.1) is 12.5 Å². The smallest absolute Gasteiger partial charge is 0.310 e. The zero-order valence-electron chi connectivity index (χ0n) is 11.6. The summed E-state index contributed by atoms with van der Waals surface area (Å²) in [5.74, 6) is 0.0897. The maximum atomic E-state index is 11.9. The molecule has 1 aliphatic carbocycles. The molecule has 104 valence electrons. The zero-order chi connectivity index (χ0) is 13.6. The van der Waals surface area contributed by atoms with Crippen molar-refractivity contribution >= 4 is 28.6 Å². The summed E-state index contributed by atoms with van der Waals surface area (Å²) < 4.78 is 5.61. The third-order valence-corrected chi connectivity index (χ3v) is 5.87. The highest BCUT2D eigenvalue weighted by molar-refractivity contribution is 14.1. The van der Waals surface area contributed by atoms with Crippen LogP contribution in [-0.4, -0.2) is 16.5 Å². The van der Waals surface area contributed by atoms with E-state index in [0.717, 1.165) is 12.8 Å². The van der Waals surface area contributed by atoms with Gasteiger partial charge in [0.15, 0.2) is 0 Å². The molecule has 1 aliphatic rings. The van der Waals surface area contributed by atoms with Crippen LogP contribution in [0.15, 0.2) is 12.7 Å². The van der Waals surface area contributed by atoms with Gasteiger partial charge in [0.2, 0.25) is 0 Å². The molecule has 3 atom stereocenters. The Morgan fingerprint density at radius 2 is 2.11 bits per heavy atom. The Morgan fingerprint density at radius 3 is 2.67 bits per heavy atom. The number of halogens is 1. The number of allylic oxidation sites excluding steroid dienone is 1. The SMILES string of the molecule is C=CC[C@@]1(CCCCCC)C(I)[C@@H]1C(=O)OCC. The van der Waals surface area contributed by atoms with Crippen molar-refractivity contribution in [2.24, 2.45) is 11.3 Å². The summed E-state index contributed by atoms with van der Waals surface area (Å²) in [4.78, 5) is 11.9. The van der Waals surface area contributed by atoms with Gasteiger partial charge in [0.25, 0.3) is 0 Å². The highest BCUT2D eigenvalue weighted by atomic mass is 127. The van der Waals surface area contributed by atoms with Crippen molar-refractivity contribution < 1.29 is 9.53 Å². The third kappa shape index (κ3) is 3.49. The molecule has 18 heavy (non-hydrogen) atoms. The summed E-state index contributed by atoms with van der Waals surface area (Å²) in [5.41, 5.74) is 0.141. The van der Waals surface area contributed by atoms with E-state index in [0.29, 0.717) is 10.5 Å². The van der Waals surface area contributed by atoms with Gasteiger partial charge in [0.1, 0.15) is 0 Å². The number of hydrogen-bond acceptors (Lipinski definition) is 2. The number of rotatable bonds is 9. The normalized spacial score (nSPS) is 29.9. The van der Waals surface area contributed by atoms with Crippen LogP contribution >= 0.6 is 22.6 Å². The summed E-state index contributed by atoms with van der Waals surface area (Å²) in [6.45, 7) is 8.43. The van der Waals surface area contributed by atoms with Gasteiger partial charge in [-0.3, -0.25) is 4.79 Å². The van der Waals surface area contributed by atoms with E-state index in [2.05, 4.69) is 36.1 Å². The van der Waals surface area contributed by atoms with Gasteiger partial charge >= 0.3 is 5.97 Å². The van der Waals surface area contributed by atoms with Crippen LogP contribution < -0.4 is 0 Å². The van der Waals surface area contributed by atoms with E-state index in [-0.39, 0.29) is 17.3 Å². The van der Waals surface area contributed by atoms with E-state index in [1.165, 1.54) is 25.7 Å². The van der Waals surface area contributed by atoms with Gasteiger partial charge in [-0.2, -0.15) is 0 Å². The Balaban J connectivity index is 2.54. The molecule has 1 rings (SSSR count). The van der Waals surface area contributed by atoms with Crippen molar-refractivity contribution in [3.8, 4) is 0 Å². The first kappa shape index (κ1) is 16.0. The fourth-order valence-corrected chi connectivity index (χ4v) is 4.57. The number of ether oxygens (including phenoxy) is 1. The predicted octanol–water partition coefficient (Wildman–Crippen LogP) is 4.52. The Hall–Kier alpha value is -0.0600. The second-order valence-corrected chi connectivity index (χ2v) is 6.51. The molecule has 0 heterocycles. The standard InChI is InChI=1S/C15H25IO2/c1-4-7-8-9-11-15(10-5-2)12(13(15)16)14(17)18-6-3/h5,12-13H,2,4,6-11H2,1,3H3/t12-,13?,15+/m1/s1. The summed E-state index contributed by atoms with van der Waals surface area (Å²) in [6, 6.07) is 0. The van der Waals surface area contributed by atoms with Gasteiger partial charge in [-0.1, -0.05) is 61.3 Å². The molecule has 0 saturated heterocycles. The van der Waals surface area contributed by atoms with Gasteiger partial charge in [-0.05, 0) is 19.8 Å². The third-order valence-electron chi connectivity index (χ3n) is 3.91. The molecule has 0 N–H and O–H groups in total. The van der Waals surface area contributed by atoms with E-state index in [1.807, 2.05) is 13.0 Å². The Bertz CT molecular complexity index is 290. The molecule has 0 amide bonds. The molecule has 0 radical (unpaired) electrons. The van der Waals surface area contributed by atoms with Crippen molar-refractivity contribution in [1.29, 1.82) is 0 Å². The largest absolute Gasteiger partial charge is 0.466 e. The van der Waals surface area contributed by atoms with Crippen LogP contribution in [-0.2, 0) is 9.53 Å². The average Bonchev–Trinajstić information content (AvgIpc) is 2.91. The quantitative estimate of drug-likeness (QED) is 0.198. The fourth-order valence-electron chi connectivity index (χ4n) is 2.81. The van der Waals surface area contributed by atoms with Gasteiger partial charge in [-0.15, -0.1) is 6.58 Å². The molecule has 1 unspecified atom stereocenters. The molecule has 0 spiro atoms. The lowest BCUT2D eigenvalue weighted by Crippen LogP contribution is -2.13. The van der Waals surface area contributed by atoms with Crippen LogP contribution in [0.3, 0.4) is 0 Å². The van der Waals surface area contributed by atoms with Crippen LogP contribution in [0.2, 0.25) is 0 Å². The van der Waals surface area contributed by atoms with Gasteiger partial charge in [0, 0.05) is 9.34 Å². The first-order chi connectivity index (χ1) is 8.64. The van der Waals surface area contributed by atoms with Crippen LogP contribution in [0.1, 0.15) is 52.4 Å². The highest BCUT2D eigenvalue weighted by Gasteiger charge is 2.66. The minimum Gasteiger partial charge on any atom is -0.466 e. The molecular weight excluding hydrogens is 339 g/mol. The van der Waals surface area contributed by atoms with Crippen LogP contribution in [0, 0.1) is 11.3 Å². The molecule has 0 aromatic carbocycles. The molecule has 1 saturated carbocycles. The fraction of sp³-hybridized carbons (Fsp3) is 0.800. The summed E-state index contributed by atoms with van der Waals surface area (Å²) in [6.07, 6.45) is 9.08. The summed E-state index contributed by atoms with van der Waals surface area (Å²) in [7, 11) is 0. The van der Waals surface area contributed by atoms with Crippen LogP contribution in [0.5, 0.6) is 0 Å². The van der Waals surface area contributed by atoms with E-state index in [9.17, 15) is 4.79 Å². The minimum atomic E-state index is -0.00533. The maximum Gasteiger partial charge on any atom is 0.310 e. The van der Waals surface area contributed by atoms with Gasteiger partial charge < -0.3 is 4.74 Å². The first-order valence-corrected chi connectivity index (χ1v) is 8.30. The average molecular weight is 364 g/mol. The zero-order valence-corrected chi connectivity index (χ0v) is 13.7. The molecule has 2 nitrogen and oxygen atoms in total. The summed E-state index contributed by atoms with van der Waals surface area (Å²) in [5, 5.41) is 0. The number of unbranched alkanes of at least 4 members (excludes halogenated alkanes) is 3. The topological polar surface area (TPSA) is 26.3 Å². The Labute approximate surface area is 125 Å². The molecular formula is C15H25IO2. The maximum absolute atomic E-state index is 11.9. The van der Waals surface area contributed by atoms with E-state index in [1.54, 1.807) is 0 Å². The van der Waals surface area contributed by atoms with Crippen molar-refractivity contribution in [1.82, 2.24) is 0 Å². The lowest BCUT2D eigenvalue weighted by Gasteiger charge is -2.15. The van der Waals surface area contributed by atoms with E-state index in [4.69, 9.17) is 4.74 Å². The van der Waals surface area contributed by atoms with Crippen LogP contribution in [0.4, 0.5) is 0 Å². The Kier molecular flexibility index (Phi) is 6.67. The molecule has 0 aromatic rings. The lowest BCUT2D eigenvalue weighted by atomic mass is 9.91. The number of carbonyl (C=O) groups excluding carboxylic acids is 1. The second-order valence-electron chi connectivity index (χ2n) is 5.17. The van der Waals surface area contributed by atoms with Gasteiger partial charge in [-0.25, -0.2) is 0 Å². The molecule has 0 bridgehead atoms. The number of carbonyl (C=O) groups is 1. The van der Waals surface area contributed by atoms with Crippen molar-refractivity contribution in [3.05, 3.63) is 12.7 Å². The van der Waals surface area contributed by atoms with Crippen molar-refractivity contribution in [2.45, 2.75) is 56.3 Å². The molecule has 0 aliphatic heterocycles. The Morgan fingerprint density at radius 1 is 1.39 bits per heavy atom. The second kappa shape index (κ2) is 7.51. The van der Waals surface area contributed by atoms with Crippen molar-refractivity contribution in [3.63, 3.8) is 0 Å². The number of alkyl halides is 1. The highest BCUT2D eigenvalue weighted by Crippen LogP contribution is 2.63. The lowest BCUT2D eigenvalue weighted by molar-refractivity contribution is -0.145. The number of hydrogen-bond donors (Lipinski definition) is 0. The molecule has 3 heteroatoms. The monoisotopic (exact) mass is 364 g/mol. The summed E-state index contributed by atoms with van der Waals surface area (Å²) >= 11 is 2.42. The number of esters is 1. The van der Waals surface area contributed by atoms with Crippen LogP contribution in [0.25, 0.3) is 0 Å². The predicted molar refractivity (Wildman–Crippen MR) is 83.9 cm³/mol. The minimum absolute atomic E-state index is 0.00533. The van der Waals surface area contributed by atoms with E-state index < -0.39 is 0 Å². The molecule has 1 fully saturated rings. The first-order valence-electron chi connectivity index (χ1n) is 7.05. The van der Waals surface area contributed by atoms with E-state index >= 15 is 0 Å².